The Morgan fingerprint density at radius 2 is 1.94 bits per heavy atom. The standard InChI is InChI=1S/C11H13NO3S/c1-12(2)11(15)16-7-10(14)8-5-3-4-6-9(8)13/h3-6,13H,7H2,1-2H3. The fourth-order valence-electron chi connectivity index (χ4n) is 1.04. The van der Waals surface area contributed by atoms with Gasteiger partial charge in [0.25, 0.3) is 5.24 Å². The van der Waals surface area contributed by atoms with Crippen molar-refractivity contribution in [2.24, 2.45) is 0 Å². The zero-order valence-electron chi connectivity index (χ0n) is 9.14. The van der Waals surface area contributed by atoms with Gasteiger partial charge in [-0.25, -0.2) is 0 Å². The van der Waals surface area contributed by atoms with Crippen LogP contribution in [0.3, 0.4) is 0 Å². The average Bonchev–Trinajstić information content (AvgIpc) is 2.25. The van der Waals surface area contributed by atoms with E-state index >= 15 is 0 Å². The van der Waals surface area contributed by atoms with Crippen LogP contribution >= 0.6 is 11.8 Å². The van der Waals surface area contributed by atoms with E-state index in [0.717, 1.165) is 11.8 Å². The SMILES string of the molecule is CN(C)C(=O)SCC(=O)c1ccccc1O. The topological polar surface area (TPSA) is 57.6 Å². The van der Waals surface area contributed by atoms with E-state index in [1.807, 2.05) is 0 Å². The Hall–Kier alpha value is -1.49. The molecule has 1 aromatic carbocycles. The molecule has 0 bridgehead atoms. The fourth-order valence-corrected chi connectivity index (χ4v) is 1.71. The third kappa shape index (κ3) is 3.27. The highest BCUT2D eigenvalue weighted by molar-refractivity contribution is 8.14. The second kappa shape index (κ2) is 5.55. The number of amides is 1. The molecule has 1 rings (SSSR count). The van der Waals surface area contributed by atoms with E-state index in [2.05, 4.69) is 0 Å². The molecule has 0 aliphatic carbocycles. The first-order chi connectivity index (χ1) is 7.52. The van der Waals surface area contributed by atoms with Gasteiger partial charge in [-0.2, -0.15) is 0 Å². The number of ketones is 1. The Bertz CT molecular complexity index is 404. The van der Waals surface area contributed by atoms with Gasteiger partial charge in [0.2, 0.25) is 0 Å². The molecule has 1 amide bonds. The fraction of sp³-hybridized carbons (Fsp3) is 0.273. The third-order valence-corrected chi connectivity index (χ3v) is 2.91. The number of aromatic hydroxyl groups is 1. The van der Waals surface area contributed by atoms with Crippen molar-refractivity contribution in [3.8, 4) is 5.75 Å². The van der Waals surface area contributed by atoms with Crippen molar-refractivity contribution in [2.75, 3.05) is 19.8 Å². The Balaban J connectivity index is 2.60. The van der Waals surface area contributed by atoms with Crippen molar-refractivity contribution in [2.45, 2.75) is 0 Å². The molecule has 0 atom stereocenters. The normalized spacial score (nSPS) is 9.88. The number of hydrogen-bond donors (Lipinski definition) is 1. The van der Waals surface area contributed by atoms with E-state index in [1.54, 1.807) is 32.3 Å². The lowest BCUT2D eigenvalue weighted by atomic mass is 10.1. The van der Waals surface area contributed by atoms with Gasteiger partial charge in [-0.1, -0.05) is 23.9 Å². The van der Waals surface area contributed by atoms with Crippen molar-refractivity contribution >= 4 is 22.8 Å². The molecule has 1 aromatic rings. The first kappa shape index (κ1) is 12.6. The first-order valence-corrected chi connectivity index (χ1v) is 5.66. The third-order valence-electron chi connectivity index (χ3n) is 1.90. The maximum Gasteiger partial charge on any atom is 0.281 e. The highest BCUT2D eigenvalue weighted by atomic mass is 32.2. The number of phenols is 1. The summed E-state index contributed by atoms with van der Waals surface area (Å²) in [6.07, 6.45) is 0. The van der Waals surface area contributed by atoms with Crippen LogP contribution in [0.1, 0.15) is 10.4 Å². The molecule has 0 heterocycles. The molecule has 0 aliphatic heterocycles. The first-order valence-electron chi connectivity index (χ1n) is 4.67. The summed E-state index contributed by atoms with van der Waals surface area (Å²) >= 11 is 0.923. The molecule has 86 valence electrons. The minimum atomic E-state index is -0.252. The van der Waals surface area contributed by atoms with Crippen LogP contribution in [0.5, 0.6) is 5.75 Å². The van der Waals surface area contributed by atoms with Gasteiger partial charge in [0.1, 0.15) is 5.75 Å². The lowest BCUT2D eigenvalue weighted by Crippen LogP contribution is -2.18. The van der Waals surface area contributed by atoms with Gasteiger partial charge in [-0.15, -0.1) is 0 Å². The van der Waals surface area contributed by atoms with Crippen LogP contribution in [0, 0.1) is 0 Å². The lowest BCUT2D eigenvalue weighted by molar-refractivity contribution is 0.102. The summed E-state index contributed by atoms with van der Waals surface area (Å²) in [6, 6.07) is 6.31. The number of thioether (sulfide) groups is 1. The van der Waals surface area contributed by atoms with Crippen LogP contribution in [0.25, 0.3) is 0 Å². The molecule has 0 saturated carbocycles. The molecule has 0 radical (unpaired) electrons. The van der Waals surface area contributed by atoms with Gasteiger partial charge in [0, 0.05) is 14.1 Å². The summed E-state index contributed by atoms with van der Waals surface area (Å²) in [6.45, 7) is 0. The van der Waals surface area contributed by atoms with E-state index in [4.69, 9.17) is 0 Å². The maximum atomic E-state index is 11.6. The van der Waals surface area contributed by atoms with Gasteiger partial charge in [0.15, 0.2) is 5.78 Å². The molecule has 0 aliphatic rings. The van der Waals surface area contributed by atoms with Gasteiger partial charge >= 0.3 is 0 Å². The molecule has 0 saturated heterocycles. The number of nitrogens with zero attached hydrogens (tertiary/aromatic N) is 1. The Kier molecular flexibility index (Phi) is 4.37. The molecule has 4 nitrogen and oxygen atoms in total. The number of rotatable bonds is 3. The maximum absolute atomic E-state index is 11.6. The summed E-state index contributed by atoms with van der Waals surface area (Å²) in [5.74, 6) is -0.266. The van der Waals surface area contributed by atoms with Crippen LogP contribution in [0.15, 0.2) is 24.3 Å². The van der Waals surface area contributed by atoms with E-state index < -0.39 is 0 Å². The number of Topliss-reactive ketones (excluding diaryl/α,β-unsaturated/α-hetero) is 1. The van der Waals surface area contributed by atoms with E-state index in [9.17, 15) is 14.7 Å². The largest absolute Gasteiger partial charge is 0.507 e. The smallest absolute Gasteiger partial charge is 0.281 e. The van der Waals surface area contributed by atoms with Crippen molar-refractivity contribution in [3.63, 3.8) is 0 Å². The summed E-state index contributed by atoms with van der Waals surface area (Å²) in [5, 5.41) is 9.25. The number of carbonyl (C=O) groups excluding carboxylic acids is 2. The molecule has 0 unspecified atom stereocenters. The zero-order chi connectivity index (χ0) is 12.1. The van der Waals surface area contributed by atoms with Crippen molar-refractivity contribution < 1.29 is 14.7 Å². The average molecular weight is 239 g/mol. The second-order valence-corrected chi connectivity index (χ2v) is 4.32. The number of benzene rings is 1. The predicted octanol–water partition coefficient (Wildman–Crippen LogP) is 1.99. The second-order valence-electron chi connectivity index (χ2n) is 3.39. The molecular weight excluding hydrogens is 226 g/mol. The van der Waals surface area contributed by atoms with Crippen molar-refractivity contribution in [3.05, 3.63) is 29.8 Å². The van der Waals surface area contributed by atoms with Gasteiger partial charge < -0.3 is 10.0 Å². The minimum Gasteiger partial charge on any atom is -0.507 e. The Morgan fingerprint density at radius 3 is 2.50 bits per heavy atom. The molecule has 1 N–H and O–H groups in total. The highest BCUT2D eigenvalue weighted by Crippen LogP contribution is 2.18. The molecule has 5 heteroatoms. The number of hydrogen-bond acceptors (Lipinski definition) is 4. The van der Waals surface area contributed by atoms with Crippen LogP contribution in [-0.4, -0.2) is 40.9 Å². The summed E-state index contributed by atoms with van der Waals surface area (Å²) in [4.78, 5) is 24.3. The summed E-state index contributed by atoms with van der Waals surface area (Å²) in [5.41, 5.74) is 0.251. The number of phenolic OH excluding ortho intramolecular Hbond substituents is 1. The van der Waals surface area contributed by atoms with E-state index in [1.165, 1.54) is 11.0 Å². The van der Waals surface area contributed by atoms with E-state index in [0.29, 0.717) is 0 Å². The van der Waals surface area contributed by atoms with Crippen LogP contribution < -0.4 is 0 Å². The Labute approximate surface area is 98.3 Å². The zero-order valence-corrected chi connectivity index (χ0v) is 9.95. The van der Waals surface area contributed by atoms with Gasteiger partial charge in [-0.3, -0.25) is 9.59 Å². The number of carbonyl (C=O) groups is 2. The molecule has 0 fully saturated rings. The number of para-hydroxylation sites is 1. The van der Waals surface area contributed by atoms with Crippen LogP contribution in [0.2, 0.25) is 0 Å². The van der Waals surface area contributed by atoms with Crippen LogP contribution in [-0.2, 0) is 0 Å². The Morgan fingerprint density at radius 1 is 1.31 bits per heavy atom. The van der Waals surface area contributed by atoms with E-state index in [-0.39, 0.29) is 28.1 Å². The molecule has 0 spiro atoms. The summed E-state index contributed by atoms with van der Waals surface area (Å²) < 4.78 is 0. The quantitative estimate of drug-likeness (QED) is 0.819. The predicted molar refractivity (Wildman–Crippen MR) is 64.0 cm³/mol. The minimum absolute atomic E-state index is 0.0363. The molecular formula is C11H13NO3S. The highest BCUT2D eigenvalue weighted by Gasteiger charge is 2.13. The van der Waals surface area contributed by atoms with Crippen LogP contribution in [0.4, 0.5) is 4.79 Å². The van der Waals surface area contributed by atoms with Crippen molar-refractivity contribution in [1.82, 2.24) is 4.90 Å². The van der Waals surface area contributed by atoms with Gasteiger partial charge in [-0.05, 0) is 12.1 Å². The monoisotopic (exact) mass is 239 g/mol. The molecule has 0 aromatic heterocycles. The van der Waals surface area contributed by atoms with Crippen molar-refractivity contribution in [1.29, 1.82) is 0 Å². The lowest BCUT2D eigenvalue weighted by Gasteiger charge is -2.08. The molecule has 16 heavy (non-hydrogen) atoms. The van der Waals surface area contributed by atoms with Gasteiger partial charge in [0.05, 0.1) is 11.3 Å². The summed E-state index contributed by atoms with van der Waals surface area (Å²) in [7, 11) is 3.25.